The molecule has 3 rings (SSSR count). The van der Waals surface area contributed by atoms with Crippen LogP contribution in [0.2, 0.25) is 0 Å². The third-order valence-corrected chi connectivity index (χ3v) is 3.20. The van der Waals surface area contributed by atoms with E-state index in [0.29, 0.717) is 12.4 Å². The number of hydrogen-bond donors (Lipinski definition) is 1. The van der Waals surface area contributed by atoms with Gasteiger partial charge in [-0.05, 0) is 25.1 Å². The number of aromatic nitrogens is 2. The number of nitrogens with zero attached hydrogens (tertiary/aromatic N) is 2. The second kappa shape index (κ2) is 5.50. The Balaban J connectivity index is 1.96. The van der Waals surface area contributed by atoms with Crippen LogP contribution < -0.4 is 10.1 Å². The van der Waals surface area contributed by atoms with E-state index in [0.717, 1.165) is 24.2 Å². The number of rotatable bonds is 3. The lowest BCUT2D eigenvalue weighted by molar-refractivity contribution is 0.148. The first-order valence-corrected chi connectivity index (χ1v) is 6.34. The smallest absolute Gasteiger partial charge is 0.267 e. The summed E-state index contributed by atoms with van der Waals surface area (Å²) in [5.74, 6) is 0.506. The minimum absolute atomic E-state index is 0.131. The maximum Gasteiger partial charge on any atom is 0.267 e. The first-order chi connectivity index (χ1) is 9.75. The highest BCUT2D eigenvalue weighted by molar-refractivity contribution is 5.40. The van der Waals surface area contributed by atoms with E-state index in [1.807, 2.05) is 0 Å². The second-order valence-corrected chi connectivity index (χ2v) is 4.47. The SMILES string of the molecule is FC(F)c1ccccc1Oc1ncnc2c1CCNC2. The van der Waals surface area contributed by atoms with Gasteiger partial charge in [-0.25, -0.2) is 18.7 Å². The van der Waals surface area contributed by atoms with E-state index in [1.165, 1.54) is 18.5 Å². The number of para-hydroxylation sites is 1. The summed E-state index contributed by atoms with van der Waals surface area (Å²) in [6.45, 7) is 1.44. The molecule has 2 aromatic rings. The fourth-order valence-corrected chi connectivity index (χ4v) is 2.20. The molecule has 0 amide bonds. The van der Waals surface area contributed by atoms with Crippen molar-refractivity contribution in [3.05, 3.63) is 47.4 Å². The van der Waals surface area contributed by atoms with Crippen molar-refractivity contribution in [1.29, 1.82) is 0 Å². The van der Waals surface area contributed by atoms with Crippen LogP contribution in [0.1, 0.15) is 23.2 Å². The van der Waals surface area contributed by atoms with Gasteiger partial charge in [0, 0.05) is 12.1 Å². The summed E-state index contributed by atoms with van der Waals surface area (Å²) in [4.78, 5) is 8.26. The molecule has 20 heavy (non-hydrogen) atoms. The minimum atomic E-state index is -2.58. The van der Waals surface area contributed by atoms with Crippen LogP contribution in [0, 0.1) is 0 Å². The molecule has 0 radical (unpaired) electrons. The van der Waals surface area contributed by atoms with Crippen molar-refractivity contribution >= 4 is 0 Å². The van der Waals surface area contributed by atoms with Crippen LogP contribution in [0.5, 0.6) is 11.6 Å². The van der Waals surface area contributed by atoms with Crippen molar-refractivity contribution in [2.75, 3.05) is 6.54 Å². The van der Waals surface area contributed by atoms with Crippen molar-refractivity contribution in [3.8, 4) is 11.6 Å². The number of ether oxygens (including phenoxy) is 1. The van der Waals surface area contributed by atoms with E-state index < -0.39 is 6.43 Å². The van der Waals surface area contributed by atoms with Gasteiger partial charge in [0.05, 0.1) is 11.3 Å². The molecule has 1 aromatic heterocycles. The van der Waals surface area contributed by atoms with Crippen LogP contribution in [0.4, 0.5) is 8.78 Å². The summed E-state index contributed by atoms with van der Waals surface area (Å²) < 4.78 is 31.5. The Hall–Kier alpha value is -2.08. The summed E-state index contributed by atoms with van der Waals surface area (Å²) >= 11 is 0. The lowest BCUT2D eigenvalue weighted by Crippen LogP contribution is -2.25. The standard InChI is InChI=1S/C14H13F2N3O/c15-13(16)10-3-1-2-4-12(10)20-14-9-5-6-17-7-11(9)18-8-19-14/h1-4,8,13,17H,5-7H2. The van der Waals surface area contributed by atoms with E-state index >= 15 is 0 Å². The van der Waals surface area contributed by atoms with Gasteiger partial charge in [0.2, 0.25) is 5.88 Å². The maximum atomic E-state index is 12.9. The Morgan fingerprint density at radius 1 is 1.20 bits per heavy atom. The molecule has 104 valence electrons. The summed E-state index contributed by atoms with van der Waals surface area (Å²) in [6, 6.07) is 6.11. The van der Waals surface area contributed by atoms with Gasteiger partial charge in [-0.2, -0.15) is 0 Å². The van der Waals surface area contributed by atoms with Crippen LogP contribution in [-0.4, -0.2) is 16.5 Å². The van der Waals surface area contributed by atoms with Crippen LogP contribution in [0.15, 0.2) is 30.6 Å². The van der Waals surface area contributed by atoms with Gasteiger partial charge in [0.15, 0.2) is 0 Å². The van der Waals surface area contributed by atoms with Crippen LogP contribution in [-0.2, 0) is 13.0 Å². The summed E-state index contributed by atoms with van der Waals surface area (Å²) in [7, 11) is 0. The van der Waals surface area contributed by atoms with E-state index in [2.05, 4.69) is 15.3 Å². The lowest BCUT2D eigenvalue weighted by Gasteiger charge is -2.18. The number of hydrogen-bond acceptors (Lipinski definition) is 4. The fourth-order valence-electron chi connectivity index (χ4n) is 2.20. The van der Waals surface area contributed by atoms with Gasteiger partial charge < -0.3 is 10.1 Å². The molecular formula is C14H13F2N3O. The van der Waals surface area contributed by atoms with E-state index in [4.69, 9.17) is 4.74 Å². The summed E-state index contributed by atoms with van der Waals surface area (Å²) in [6.07, 6.45) is -0.459. The Morgan fingerprint density at radius 3 is 2.90 bits per heavy atom. The molecule has 4 nitrogen and oxygen atoms in total. The molecule has 0 unspecified atom stereocenters. The first-order valence-electron chi connectivity index (χ1n) is 6.34. The molecule has 1 aliphatic rings. The fraction of sp³-hybridized carbons (Fsp3) is 0.286. The third-order valence-electron chi connectivity index (χ3n) is 3.20. The normalized spacial score (nSPS) is 14.2. The largest absolute Gasteiger partial charge is 0.438 e. The zero-order valence-electron chi connectivity index (χ0n) is 10.6. The van der Waals surface area contributed by atoms with E-state index in [9.17, 15) is 8.78 Å². The molecule has 1 aliphatic heterocycles. The zero-order chi connectivity index (χ0) is 13.9. The molecule has 0 saturated carbocycles. The van der Waals surface area contributed by atoms with Gasteiger partial charge in [0.25, 0.3) is 6.43 Å². The monoisotopic (exact) mass is 277 g/mol. The van der Waals surface area contributed by atoms with Crippen LogP contribution in [0.3, 0.4) is 0 Å². The molecule has 1 N–H and O–H groups in total. The quantitative estimate of drug-likeness (QED) is 0.937. The molecule has 0 fully saturated rings. The van der Waals surface area contributed by atoms with Crippen molar-refractivity contribution in [2.45, 2.75) is 19.4 Å². The van der Waals surface area contributed by atoms with Crippen LogP contribution >= 0.6 is 0 Å². The Morgan fingerprint density at radius 2 is 2.05 bits per heavy atom. The Bertz CT molecular complexity index is 619. The van der Waals surface area contributed by atoms with E-state index in [-0.39, 0.29) is 11.3 Å². The average Bonchev–Trinajstić information content (AvgIpc) is 2.48. The highest BCUT2D eigenvalue weighted by atomic mass is 19.3. The van der Waals surface area contributed by atoms with Crippen molar-refractivity contribution in [3.63, 3.8) is 0 Å². The molecule has 1 aromatic carbocycles. The average molecular weight is 277 g/mol. The topological polar surface area (TPSA) is 47.0 Å². The van der Waals surface area contributed by atoms with Gasteiger partial charge in [-0.15, -0.1) is 0 Å². The van der Waals surface area contributed by atoms with Crippen LogP contribution in [0.25, 0.3) is 0 Å². The first kappa shape index (κ1) is 12.9. The van der Waals surface area contributed by atoms with Gasteiger partial charge in [0.1, 0.15) is 12.1 Å². The predicted molar refractivity (Wildman–Crippen MR) is 68.9 cm³/mol. The molecule has 2 heterocycles. The van der Waals surface area contributed by atoms with Crippen molar-refractivity contribution in [2.24, 2.45) is 0 Å². The number of nitrogens with one attached hydrogen (secondary N) is 1. The van der Waals surface area contributed by atoms with Gasteiger partial charge >= 0.3 is 0 Å². The molecule has 0 spiro atoms. The number of benzene rings is 1. The molecule has 0 aliphatic carbocycles. The molecule has 0 saturated heterocycles. The second-order valence-electron chi connectivity index (χ2n) is 4.47. The highest BCUT2D eigenvalue weighted by Crippen LogP contribution is 2.33. The van der Waals surface area contributed by atoms with Crippen molar-refractivity contribution in [1.82, 2.24) is 15.3 Å². The van der Waals surface area contributed by atoms with Gasteiger partial charge in [-0.1, -0.05) is 12.1 Å². The molecule has 0 atom stereocenters. The molecular weight excluding hydrogens is 264 g/mol. The van der Waals surface area contributed by atoms with Gasteiger partial charge in [-0.3, -0.25) is 0 Å². The Kier molecular flexibility index (Phi) is 3.56. The van der Waals surface area contributed by atoms with E-state index in [1.54, 1.807) is 12.1 Å². The minimum Gasteiger partial charge on any atom is -0.438 e. The highest BCUT2D eigenvalue weighted by Gasteiger charge is 2.19. The number of halogens is 2. The predicted octanol–water partition coefficient (Wildman–Crippen LogP) is 2.85. The zero-order valence-corrected chi connectivity index (χ0v) is 10.6. The maximum absolute atomic E-state index is 12.9. The third kappa shape index (κ3) is 2.46. The van der Waals surface area contributed by atoms with Crippen molar-refractivity contribution < 1.29 is 13.5 Å². The summed E-state index contributed by atoms with van der Waals surface area (Å²) in [5.41, 5.74) is 1.61. The Labute approximate surface area is 114 Å². The number of alkyl halides is 2. The number of fused-ring (bicyclic) bond motifs is 1. The lowest BCUT2D eigenvalue weighted by atomic mass is 10.1. The molecule has 0 bridgehead atoms. The molecule has 6 heteroatoms. The summed E-state index contributed by atoms with van der Waals surface area (Å²) in [5, 5.41) is 3.20.